The van der Waals surface area contributed by atoms with Gasteiger partial charge in [0.05, 0.1) is 79.5 Å². The largest absolute Gasteiger partial charge is 0.476 e. The second kappa shape index (κ2) is 56.2. The first-order valence-corrected chi connectivity index (χ1v) is 50.0. The first-order valence-electron chi connectivity index (χ1n) is 41.9. The molecule has 17 N–H and O–H groups in total. The van der Waals surface area contributed by atoms with Crippen molar-refractivity contribution >= 4 is 125 Å². The number of carbonyl (C=O) groups excluding carboxylic acids is 7. The van der Waals surface area contributed by atoms with Crippen LogP contribution < -0.4 is 44.2 Å². The van der Waals surface area contributed by atoms with E-state index in [1.807, 2.05) is 140 Å². The molecule has 0 aliphatic rings. The number of nitrogen functional groups attached to an aromatic ring is 3. The topological polar surface area (TPSA) is 771 Å². The van der Waals surface area contributed by atoms with Crippen LogP contribution >= 0.6 is 10.7 Å². The van der Waals surface area contributed by atoms with Crippen LogP contribution in [0.25, 0.3) is 56.6 Å². The number of aromatic nitrogens is 13. The van der Waals surface area contributed by atoms with E-state index in [1.165, 1.54) is 55.9 Å². The number of nitrogens with two attached hydrogens (primary N) is 4. The lowest BCUT2D eigenvalue weighted by atomic mass is 10.1. The molecule has 0 spiro atoms. The highest BCUT2D eigenvalue weighted by Gasteiger charge is 2.27. The van der Waals surface area contributed by atoms with E-state index in [4.69, 9.17) is 81.8 Å². The number of nitrogens with zero attached hydrogens (tertiary/aromatic N) is 11. The molecule has 760 valence electrons. The van der Waals surface area contributed by atoms with Crippen molar-refractivity contribution in [1.29, 1.82) is 0 Å². The summed E-state index contributed by atoms with van der Waals surface area (Å²) in [5.74, 6) is -5.33. The van der Waals surface area contributed by atoms with Crippen molar-refractivity contribution in [2.24, 2.45) is 5.73 Å². The predicted octanol–water partition coefficient (Wildman–Crippen LogP) is 6.61. The van der Waals surface area contributed by atoms with E-state index in [9.17, 15) is 84.8 Å². The molecule has 0 aliphatic carbocycles. The van der Waals surface area contributed by atoms with Gasteiger partial charge in [0.15, 0.2) is 78.5 Å². The lowest BCUT2D eigenvalue weighted by Gasteiger charge is -2.06. The van der Waals surface area contributed by atoms with Gasteiger partial charge in [0.2, 0.25) is 9.05 Å². The molecule has 5 aromatic carbocycles. The van der Waals surface area contributed by atoms with E-state index in [1.54, 1.807) is 32.9 Å². The van der Waals surface area contributed by atoms with Gasteiger partial charge in [-0.15, -0.1) is 13.3 Å². The number of carbonyl (C=O) groups is 8. The van der Waals surface area contributed by atoms with Gasteiger partial charge in [-0.3, -0.25) is 38.3 Å². The maximum absolute atomic E-state index is 12.4. The molecule has 0 unspecified atom stereocenters. The van der Waals surface area contributed by atoms with Crippen LogP contribution in [-0.2, 0) is 75.6 Å². The second-order valence-electron chi connectivity index (χ2n) is 27.6. The number of aromatic carboxylic acids is 1. The Kier molecular flexibility index (Phi) is 44.7. The number of benzene rings is 5. The smallest absolute Gasteiger partial charge is 0.358 e. The maximum Gasteiger partial charge on any atom is 0.358 e. The number of hydrogen-bond acceptors (Lipinski definition) is 40. The number of sulfone groups is 1. The molecule has 0 bridgehead atoms. The van der Waals surface area contributed by atoms with Crippen LogP contribution in [0.5, 0.6) is 0 Å². The molecule has 14 rings (SSSR count). The van der Waals surface area contributed by atoms with Crippen LogP contribution in [0.15, 0.2) is 229 Å². The molecule has 14 aromatic rings. The van der Waals surface area contributed by atoms with Gasteiger partial charge in [0, 0.05) is 121 Å². The molecular weight excluding hydrogens is 1990 g/mol. The number of H-pyrrole nitrogens is 2. The number of aliphatic hydroxyl groups is 1. The molecule has 0 aliphatic heterocycles. The minimum absolute atomic E-state index is 0.00875. The number of ether oxygens (including phenoxy) is 3. The molecule has 9 heterocycles. The monoisotopic (exact) mass is 2090 g/mol. The molecule has 50 nitrogen and oxygen atoms in total. The third-order valence-electron chi connectivity index (χ3n) is 17.2. The molecule has 57 heteroatoms. The summed E-state index contributed by atoms with van der Waals surface area (Å²) in [6.45, 7) is 4.58. The Bertz CT molecular complexity index is 7060. The van der Waals surface area contributed by atoms with Gasteiger partial charge in [0.25, 0.3) is 53.8 Å². The molecule has 0 saturated heterocycles. The van der Waals surface area contributed by atoms with Gasteiger partial charge in [-0.25, -0.2) is 52.8 Å². The Morgan fingerprint density at radius 2 is 0.768 bits per heavy atom. The van der Waals surface area contributed by atoms with Crippen molar-refractivity contribution in [3.8, 4) is 56.6 Å². The Morgan fingerprint density at radius 1 is 0.437 bits per heavy atom. The van der Waals surface area contributed by atoms with E-state index in [0.29, 0.717) is 50.8 Å². The molecule has 142 heavy (non-hydrogen) atoms. The van der Waals surface area contributed by atoms with Gasteiger partial charge in [0.1, 0.15) is 23.1 Å². The van der Waals surface area contributed by atoms with Crippen LogP contribution in [0.3, 0.4) is 0 Å². The van der Waals surface area contributed by atoms with Gasteiger partial charge >= 0.3 is 23.9 Å². The lowest BCUT2D eigenvalue weighted by molar-refractivity contribution is 0.0510. The van der Waals surface area contributed by atoms with E-state index < -0.39 is 115 Å². The van der Waals surface area contributed by atoms with Gasteiger partial charge < -0.3 is 91.2 Å². The fraction of sp³-hybridized carbons (Fsp3) is 0.235. The summed E-state index contributed by atoms with van der Waals surface area (Å²) >= 11 is 0. The lowest BCUT2D eigenvalue weighted by Crippen LogP contribution is -2.32. The maximum atomic E-state index is 12.4. The average molecular weight is 2090 g/mol. The number of aliphatic hydroxyl groups excluding tert-OH is 1. The fourth-order valence-electron chi connectivity index (χ4n) is 10.8. The number of hydrogen-bond donors (Lipinski definition) is 13. The standard InChI is InChI=1S/C19H20N4O6S.C18H19N5O6S.C16H17N5O5S.C12H11ClN2O4S.C10H7NO3.C6H9N3O2.C2H7NO3S.CH3F.CH4/c1-2-28-19(25)16-10-14(21-22-16)12-30(26,27)9-8-20-18(24)15-11-17(29-23-15)13-6-4-3-5-7-13;1-2-28-18(25)14-11-16(19)23(21-14)30(26,27)9-8-20-17(24)13-10-15(29-22-13)12-6-4-3-5-7-12;17-15-8-12(10-22)19-21(15)27(24,25)7-6-18-16(23)13-9-14(26-20-13)11-4-2-1-3-5-11;13-20(17,18)7-6-14-12(16)10-8-11(19-15-10)9-4-2-1-3-5-9;12-10(13)8-6-9(14-11-8)7-4-2-1-3-5-7;1-2-11-6(10)4-3-5(7)9-8-4;3-1-2-7(4,5)6;1-2;/h3-7,10-11H,2,8-9,12H2,1H3,(H,20,24)(H,21,22);3-7,10-11H,2,8-9,19H2,1H3,(H,20,24);1-5,8-9,22H,6-7,10,17H2,(H,18,23);1-5,8H,6-7H2,(H,14,16);1-6H,(H,12,13);3H,2H2,1H3,(H3,7,8,9);1-3H2,(H,4,5,6);1H3;1H4/i;;;;;;;;1D. The number of halogens is 2. The summed E-state index contributed by atoms with van der Waals surface area (Å²) in [7, 11) is -12.1. The van der Waals surface area contributed by atoms with Crippen molar-refractivity contribution in [2.75, 3.05) is 106 Å². The Labute approximate surface area is 815 Å². The minimum atomic E-state index is -4.02. The summed E-state index contributed by atoms with van der Waals surface area (Å²) in [5.41, 5.74) is 25.7. The third-order valence-corrected chi connectivity index (χ3v) is 23.8. The highest BCUT2D eigenvalue weighted by molar-refractivity contribution is 8.13. The number of esters is 3. The van der Waals surface area contributed by atoms with Crippen molar-refractivity contribution < 1.29 is 138 Å². The molecule has 0 radical (unpaired) electrons. The quantitative estimate of drug-likeness (QED) is 0.00859. The molecule has 9 aromatic heterocycles. The Morgan fingerprint density at radius 3 is 1.08 bits per heavy atom. The molecule has 0 saturated carbocycles. The van der Waals surface area contributed by atoms with Gasteiger partial charge in [-0.1, -0.05) is 185 Å². The van der Waals surface area contributed by atoms with Crippen LogP contribution in [-0.4, -0.2) is 257 Å². The van der Waals surface area contributed by atoms with E-state index >= 15 is 0 Å². The van der Waals surface area contributed by atoms with Gasteiger partial charge in [-0.2, -0.15) is 23.7 Å². The molecule has 0 atom stereocenters. The van der Waals surface area contributed by atoms with E-state index in [-0.39, 0.29) is 143 Å². The summed E-state index contributed by atoms with van der Waals surface area (Å²) in [6.07, 6.45) is 0. The zero-order chi connectivity index (χ0) is 105. The number of aromatic amines is 2. The first kappa shape index (κ1) is 113. The number of alkyl halides is 1. The fourth-order valence-corrected chi connectivity index (χ4v) is 15.1. The van der Waals surface area contributed by atoms with Gasteiger partial charge in [-0.05, 0) is 26.8 Å². The Hall–Kier alpha value is -16.0. The number of carboxylic acid groups (broad SMARTS) is 1. The highest BCUT2D eigenvalue weighted by Crippen LogP contribution is 2.26. The zero-order valence-electron chi connectivity index (χ0n) is 76.7. The summed E-state index contributed by atoms with van der Waals surface area (Å²) < 4.78 is 179. The molecular formula is C85H97ClFN21O29S5. The number of carboxylic acids is 1. The Balaban J connectivity index is 0.000000263. The zero-order valence-corrected chi connectivity index (χ0v) is 80.6. The average Bonchev–Trinajstić information content (AvgIpc) is 1.67. The van der Waals surface area contributed by atoms with Crippen molar-refractivity contribution in [3.63, 3.8) is 0 Å². The SMILES string of the molecule is CCOC(=O)c1cc(CS(=O)(=O)CCNC(=O)c2cc(-c3ccccc3)on2)[nH]n1.CCOC(=O)c1cc(N)n(S(=O)(=O)CCNC(=O)c2cc(-c3ccccc3)on2)n1.CCOC(=O)c1cc(N)n[nH]1.CF.NCCS(=O)(=O)O.Nc1cc(CO)nn1S(=O)(=O)CCNC(=O)c1cc(-c2ccccc2)on1.O=C(NCCS(=O)(=O)Cl)c1cc(-c2ccccc2)on1.O=C(O)c1cc(-c2ccccc2)on1.[2H]C. The van der Waals surface area contributed by atoms with Crippen LogP contribution in [0.2, 0.25) is 0 Å². The summed E-state index contributed by atoms with van der Waals surface area (Å²) in [5, 5.41) is 65.2. The van der Waals surface area contributed by atoms with Crippen LogP contribution in [0, 0.1) is 0 Å². The van der Waals surface area contributed by atoms with Crippen molar-refractivity contribution in [2.45, 2.75) is 40.5 Å². The third kappa shape index (κ3) is 37.7. The highest BCUT2D eigenvalue weighted by atomic mass is 35.7. The van der Waals surface area contributed by atoms with Crippen LogP contribution in [0.1, 0.15) is 125 Å². The predicted molar refractivity (Wildman–Crippen MR) is 509 cm³/mol. The molecule has 0 fully saturated rings. The van der Waals surface area contributed by atoms with Crippen LogP contribution in [0.4, 0.5) is 21.8 Å². The number of rotatable bonds is 35. The number of amides is 4. The minimum Gasteiger partial charge on any atom is -0.476 e. The summed E-state index contributed by atoms with van der Waals surface area (Å²) in [6, 6.07) is 58.2. The van der Waals surface area contributed by atoms with Crippen molar-refractivity contribution in [1.82, 2.24) is 85.8 Å². The molecule has 4 amide bonds. The normalized spacial score (nSPS) is 10.9. The van der Waals surface area contributed by atoms with Crippen molar-refractivity contribution in [3.05, 3.63) is 263 Å². The number of anilines is 3. The second-order valence-corrected chi connectivity index (χ2v) is 38.1. The summed E-state index contributed by atoms with van der Waals surface area (Å²) in [4.78, 5) is 92.9. The van der Waals surface area contributed by atoms with E-state index in [0.717, 1.165) is 33.9 Å². The first-order chi connectivity index (χ1) is 68.1. The van der Waals surface area contributed by atoms with E-state index in [2.05, 4.69) is 82.4 Å². The number of nitrogens with one attached hydrogen (secondary N) is 6.